The van der Waals surface area contributed by atoms with Crippen LogP contribution in [0.5, 0.6) is 0 Å². The zero-order chi connectivity index (χ0) is 14.8. The average molecular weight is 277 g/mol. The highest BCUT2D eigenvalue weighted by Crippen LogP contribution is 2.42. The van der Waals surface area contributed by atoms with Gasteiger partial charge >= 0.3 is 5.69 Å². The van der Waals surface area contributed by atoms with Crippen molar-refractivity contribution < 1.29 is 4.92 Å². The number of nitrogens with one attached hydrogen (secondary N) is 1. The van der Waals surface area contributed by atoms with Crippen molar-refractivity contribution in [3.63, 3.8) is 0 Å². The summed E-state index contributed by atoms with van der Waals surface area (Å²) >= 11 is 0. The highest BCUT2D eigenvalue weighted by molar-refractivity contribution is 5.77. The summed E-state index contributed by atoms with van der Waals surface area (Å²) in [6, 6.07) is 5.55. The molecule has 0 unspecified atom stereocenters. The molecule has 1 N–H and O–H groups in total. The van der Waals surface area contributed by atoms with Gasteiger partial charge in [0, 0.05) is 18.6 Å². The lowest BCUT2D eigenvalue weighted by molar-refractivity contribution is -0.383. The first kappa shape index (κ1) is 14.6. The van der Waals surface area contributed by atoms with Gasteiger partial charge < -0.3 is 10.2 Å². The second kappa shape index (κ2) is 5.69. The van der Waals surface area contributed by atoms with Gasteiger partial charge in [0.05, 0.1) is 4.92 Å². The van der Waals surface area contributed by atoms with Crippen molar-refractivity contribution in [3.05, 3.63) is 28.3 Å². The molecule has 1 aliphatic heterocycles. The maximum absolute atomic E-state index is 11.5. The molecule has 0 spiro atoms. The summed E-state index contributed by atoms with van der Waals surface area (Å²) in [6.07, 6.45) is 3.09. The predicted molar refractivity (Wildman–Crippen MR) is 82.5 cm³/mol. The number of hydrogen-bond acceptors (Lipinski definition) is 4. The van der Waals surface area contributed by atoms with Crippen LogP contribution in [-0.2, 0) is 0 Å². The summed E-state index contributed by atoms with van der Waals surface area (Å²) in [7, 11) is 0. The molecule has 0 bridgehead atoms. The van der Waals surface area contributed by atoms with Crippen LogP contribution in [0, 0.1) is 10.1 Å². The Labute approximate surface area is 120 Å². The first-order valence-electron chi connectivity index (χ1n) is 7.26. The van der Waals surface area contributed by atoms with E-state index in [-0.39, 0.29) is 16.1 Å². The molecule has 1 saturated heterocycles. The largest absolute Gasteiger partial charge is 0.379 e. The molecule has 1 heterocycles. The van der Waals surface area contributed by atoms with Crippen LogP contribution in [0.15, 0.2) is 18.2 Å². The van der Waals surface area contributed by atoms with Gasteiger partial charge in [0.2, 0.25) is 0 Å². The SMILES string of the molecule is CCCNc1cccc(N2CCCC2(C)C)c1[N+](=O)[O-]. The lowest BCUT2D eigenvalue weighted by atomic mass is 10.0. The Kier molecular flexibility index (Phi) is 4.16. The molecule has 0 amide bonds. The van der Waals surface area contributed by atoms with E-state index in [4.69, 9.17) is 0 Å². The summed E-state index contributed by atoms with van der Waals surface area (Å²) in [5.41, 5.74) is 1.54. The number of nitro benzene ring substituents is 1. The lowest BCUT2D eigenvalue weighted by Gasteiger charge is -2.33. The summed E-state index contributed by atoms with van der Waals surface area (Å²) in [4.78, 5) is 13.4. The van der Waals surface area contributed by atoms with Crippen molar-refractivity contribution in [1.29, 1.82) is 0 Å². The molecule has 1 fully saturated rings. The minimum atomic E-state index is -0.262. The maximum Gasteiger partial charge on any atom is 0.315 e. The Bertz CT molecular complexity index is 500. The molecule has 0 aliphatic carbocycles. The molecule has 0 saturated carbocycles. The zero-order valence-corrected chi connectivity index (χ0v) is 12.5. The number of rotatable bonds is 5. The van der Waals surface area contributed by atoms with Crippen molar-refractivity contribution in [2.75, 3.05) is 23.3 Å². The van der Waals surface area contributed by atoms with E-state index < -0.39 is 0 Å². The molecule has 1 aromatic carbocycles. The Balaban J connectivity index is 2.44. The number of benzene rings is 1. The minimum absolute atomic E-state index is 0.0197. The Hall–Kier alpha value is -1.78. The van der Waals surface area contributed by atoms with Gasteiger partial charge in [-0.15, -0.1) is 0 Å². The van der Waals surface area contributed by atoms with Crippen molar-refractivity contribution >= 4 is 17.1 Å². The van der Waals surface area contributed by atoms with Crippen LogP contribution in [0.2, 0.25) is 0 Å². The Morgan fingerprint density at radius 2 is 2.20 bits per heavy atom. The summed E-state index contributed by atoms with van der Waals surface area (Å²) in [5.74, 6) is 0. The molecule has 2 rings (SSSR count). The number of nitro groups is 1. The fraction of sp³-hybridized carbons (Fsp3) is 0.600. The zero-order valence-electron chi connectivity index (χ0n) is 12.5. The van der Waals surface area contributed by atoms with Gasteiger partial charge in [0.15, 0.2) is 0 Å². The average Bonchev–Trinajstić information content (AvgIpc) is 2.75. The van der Waals surface area contributed by atoms with Crippen LogP contribution in [0.1, 0.15) is 40.0 Å². The summed E-state index contributed by atoms with van der Waals surface area (Å²) in [6.45, 7) is 7.97. The molecule has 1 aromatic rings. The molecule has 0 aromatic heterocycles. The van der Waals surface area contributed by atoms with Crippen molar-refractivity contribution in [3.8, 4) is 0 Å². The van der Waals surface area contributed by atoms with E-state index in [0.29, 0.717) is 5.69 Å². The highest BCUT2D eigenvalue weighted by atomic mass is 16.6. The second-order valence-corrected chi connectivity index (χ2v) is 5.92. The van der Waals surface area contributed by atoms with Gasteiger partial charge in [-0.1, -0.05) is 13.0 Å². The second-order valence-electron chi connectivity index (χ2n) is 5.92. The minimum Gasteiger partial charge on any atom is -0.379 e. The molecule has 1 aliphatic rings. The molecular formula is C15H23N3O2. The van der Waals surface area contributed by atoms with Gasteiger partial charge in [0.25, 0.3) is 0 Å². The van der Waals surface area contributed by atoms with E-state index in [0.717, 1.165) is 38.0 Å². The lowest BCUT2D eigenvalue weighted by Crippen LogP contribution is -2.38. The smallest absolute Gasteiger partial charge is 0.315 e. The topological polar surface area (TPSA) is 58.4 Å². The van der Waals surface area contributed by atoms with Crippen LogP contribution in [-0.4, -0.2) is 23.6 Å². The third-order valence-corrected chi connectivity index (χ3v) is 3.95. The third-order valence-electron chi connectivity index (χ3n) is 3.95. The van der Waals surface area contributed by atoms with Gasteiger partial charge in [-0.2, -0.15) is 0 Å². The van der Waals surface area contributed by atoms with E-state index in [9.17, 15) is 10.1 Å². The van der Waals surface area contributed by atoms with Crippen LogP contribution in [0.4, 0.5) is 17.1 Å². The molecular weight excluding hydrogens is 254 g/mol. The summed E-state index contributed by atoms with van der Waals surface area (Å²) < 4.78 is 0. The highest BCUT2D eigenvalue weighted by Gasteiger charge is 2.36. The van der Waals surface area contributed by atoms with Crippen molar-refractivity contribution in [1.82, 2.24) is 0 Å². The van der Waals surface area contributed by atoms with Crippen molar-refractivity contribution in [2.45, 2.75) is 45.6 Å². The predicted octanol–water partition coefficient (Wildman–Crippen LogP) is 3.80. The first-order valence-corrected chi connectivity index (χ1v) is 7.26. The number of para-hydroxylation sites is 1. The quantitative estimate of drug-likeness (QED) is 0.657. The third kappa shape index (κ3) is 2.71. The van der Waals surface area contributed by atoms with Crippen LogP contribution >= 0.6 is 0 Å². The fourth-order valence-corrected chi connectivity index (χ4v) is 2.90. The van der Waals surface area contributed by atoms with Crippen molar-refractivity contribution in [2.24, 2.45) is 0 Å². The van der Waals surface area contributed by atoms with Gasteiger partial charge in [-0.05, 0) is 45.2 Å². The number of nitrogens with zero attached hydrogens (tertiary/aromatic N) is 2. The van der Waals surface area contributed by atoms with Gasteiger partial charge in [0.1, 0.15) is 11.4 Å². The van der Waals surface area contributed by atoms with Gasteiger partial charge in [-0.3, -0.25) is 10.1 Å². The molecule has 5 nitrogen and oxygen atoms in total. The van der Waals surface area contributed by atoms with E-state index in [1.54, 1.807) is 6.07 Å². The Morgan fingerprint density at radius 1 is 1.45 bits per heavy atom. The molecule has 0 radical (unpaired) electrons. The van der Waals surface area contributed by atoms with E-state index in [2.05, 4.69) is 24.1 Å². The molecule has 5 heteroatoms. The van der Waals surface area contributed by atoms with Crippen LogP contribution in [0.3, 0.4) is 0 Å². The number of anilines is 2. The fourth-order valence-electron chi connectivity index (χ4n) is 2.90. The van der Waals surface area contributed by atoms with E-state index >= 15 is 0 Å². The van der Waals surface area contributed by atoms with Crippen LogP contribution < -0.4 is 10.2 Å². The monoisotopic (exact) mass is 277 g/mol. The normalized spacial score (nSPS) is 17.2. The molecule has 0 atom stereocenters. The van der Waals surface area contributed by atoms with E-state index in [1.165, 1.54) is 0 Å². The van der Waals surface area contributed by atoms with Crippen LogP contribution in [0.25, 0.3) is 0 Å². The standard InChI is InChI=1S/C15H23N3O2/c1-4-10-16-12-7-5-8-13(14(12)18(19)20)17-11-6-9-15(17,2)3/h5,7-8,16H,4,6,9-11H2,1-3H3. The first-order chi connectivity index (χ1) is 9.47. The Morgan fingerprint density at radius 3 is 2.75 bits per heavy atom. The van der Waals surface area contributed by atoms with Gasteiger partial charge in [-0.25, -0.2) is 0 Å². The molecule has 110 valence electrons. The summed E-state index contributed by atoms with van der Waals surface area (Å²) in [5, 5.41) is 14.7. The molecule has 20 heavy (non-hydrogen) atoms. The maximum atomic E-state index is 11.5. The number of hydrogen-bond donors (Lipinski definition) is 1. The van der Waals surface area contributed by atoms with E-state index in [1.807, 2.05) is 19.1 Å².